The van der Waals surface area contributed by atoms with E-state index >= 15 is 0 Å². The second-order valence-corrected chi connectivity index (χ2v) is 4.27. The first-order valence-corrected chi connectivity index (χ1v) is 6.12. The van der Waals surface area contributed by atoms with Crippen molar-refractivity contribution >= 4 is 17.3 Å². The molecule has 3 N–H and O–H groups in total. The van der Waals surface area contributed by atoms with Crippen molar-refractivity contribution in [1.82, 2.24) is 4.90 Å². The highest BCUT2D eigenvalue weighted by Gasteiger charge is 1.98. The molecule has 104 valence electrons. The van der Waals surface area contributed by atoms with Gasteiger partial charge in [0.2, 0.25) is 5.91 Å². The van der Waals surface area contributed by atoms with Crippen LogP contribution in [-0.2, 0) is 9.53 Å². The molecule has 0 atom stereocenters. The van der Waals surface area contributed by atoms with Crippen LogP contribution in [0.15, 0.2) is 36.4 Å². The van der Waals surface area contributed by atoms with Gasteiger partial charge in [-0.2, -0.15) is 0 Å². The van der Waals surface area contributed by atoms with Crippen LogP contribution in [0.5, 0.6) is 0 Å². The molecule has 0 fully saturated rings. The maximum atomic E-state index is 11.6. The molecule has 0 aliphatic rings. The highest BCUT2D eigenvalue weighted by Crippen LogP contribution is 2.11. The van der Waals surface area contributed by atoms with Crippen LogP contribution in [0.25, 0.3) is 0 Å². The molecular weight excluding hydrogens is 242 g/mol. The fourth-order valence-electron chi connectivity index (χ4n) is 1.48. The van der Waals surface area contributed by atoms with Gasteiger partial charge in [-0.1, -0.05) is 12.1 Å². The van der Waals surface area contributed by atoms with Crippen molar-refractivity contribution in [3.05, 3.63) is 36.4 Å². The number of anilines is 2. The molecule has 0 bridgehead atoms. The van der Waals surface area contributed by atoms with Crippen molar-refractivity contribution in [3.8, 4) is 0 Å². The maximum absolute atomic E-state index is 11.6. The van der Waals surface area contributed by atoms with E-state index in [9.17, 15) is 4.79 Å². The molecule has 1 rings (SSSR count). The first-order valence-electron chi connectivity index (χ1n) is 6.12. The Kier molecular flexibility index (Phi) is 6.63. The molecule has 0 aromatic heterocycles. The van der Waals surface area contributed by atoms with Crippen LogP contribution in [0.2, 0.25) is 0 Å². The zero-order valence-corrected chi connectivity index (χ0v) is 11.4. The second kappa shape index (κ2) is 8.29. The summed E-state index contributed by atoms with van der Waals surface area (Å²) in [6.07, 6.45) is 3.34. The van der Waals surface area contributed by atoms with Gasteiger partial charge >= 0.3 is 0 Å². The van der Waals surface area contributed by atoms with Crippen LogP contribution in [0.1, 0.15) is 0 Å². The SMILES string of the molecule is COCCN(C)C/C=C/C(=O)Nc1cccc(N)c1. The van der Waals surface area contributed by atoms with Crippen LogP contribution >= 0.6 is 0 Å². The van der Waals surface area contributed by atoms with Gasteiger partial charge in [-0.05, 0) is 25.2 Å². The van der Waals surface area contributed by atoms with Crippen LogP contribution < -0.4 is 11.1 Å². The number of nitrogens with zero attached hydrogens (tertiary/aromatic N) is 1. The predicted molar refractivity (Wildman–Crippen MR) is 78.0 cm³/mol. The van der Waals surface area contributed by atoms with Gasteiger partial charge in [-0.15, -0.1) is 0 Å². The van der Waals surface area contributed by atoms with Crippen molar-refractivity contribution < 1.29 is 9.53 Å². The maximum Gasteiger partial charge on any atom is 0.248 e. The van der Waals surface area contributed by atoms with Crippen molar-refractivity contribution in [2.24, 2.45) is 0 Å². The van der Waals surface area contributed by atoms with E-state index < -0.39 is 0 Å². The lowest BCUT2D eigenvalue weighted by Gasteiger charge is -2.12. The molecule has 0 spiro atoms. The summed E-state index contributed by atoms with van der Waals surface area (Å²) in [7, 11) is 3.64. The van der Waals surface area contributed by atoms with Gasteiger partial charge in [0.05, 0.1) is 6.61 Å². The molecule has 1 amide bonds. The topological polar surface area (TPSA) is 67.6 Å². The quantitative estimate of drug-likeness (QED) is 0.575. The molecule has 0 unspecified atom stereocenters. The highest BCUT2D eigenvalue weighted by molar-refractivity contribution is 5.99. The lowest BCUT2D eigenvalue weighted by atomic mass is 10.3. The Bertz CT molecular complexity index is 432. The lowest BCUT2D eigenvalue weighted by molar-refractivity contribution is -0.111. The number of nitrogens with one attached hydrogen (secondary N) is 1. The lowest BCUT2D eigenvalue weighted by Crippen LogP contribution is -2.23. The third-order valence-electron chi connectivity index (χ3n) is 2.52. The minimum Gasteiger partial charge on any atom is -0.399 e. The fraction of sp³-hybridized carbons (Fsp3) is 0.357. The first-order chi connectivity index (χ1) is 9.11. The number of hydrogen-bond donors (Lipinski definition) is 2. The highest BCUT2D eigenvalue weighted by atomic mass is 16.5. The van der Waals surface area contributed by atoms with Crippen molar-refractivity contribution in [2.75, 3.05) is 44.9 Å². The summed E-state index contributed by atoms with van der Waals surface area (Å²) in [6.45, 7) is 2.21. The molecule has 0 aliphatic carbocycles. The van der Waals surface area contributed by atoms with Gasteiger partial charge in [-0.3, -0.25) is 4.79 Å². The number of hydrogen-bond acceptors (Lipinski definition) is 4. The molecule has 0 aliphatic heterocycles. The van der Waals surface area contributed by atoms with Gasteiger partial charge in [-0.25, -0.2) is 0 Å². The van der Waals surface area contributed by atoms with Crippen LogP contribution in [-0.4, -0.2) is 44.7 Å². The van der Waals surface area contributed by atoms with Crippen LogP contribution in [0.3, 0.4) is 0 Å². The van der Waals surface area contributed by atoms with E-state index in [0.29, 0.717) is 24.5 Å². The number of rotatable bonds is 7. The van der Waals surface area contributed by atoms with Gasteiger partial charge in [0.15, 0.2) is 0 Å². The Labute approximate surface area is 114 Å². The van der Waals surface area contributed by atoms with E-state index in [0.717, 1.165) is 6.54 Å². The average Bonchev–Trinajstić information content (AvgIpc) is 2.36. The smallest absolute Gasteiger partial charge is 0.248 e. The summed E-state index contributed by atoms with van der Waals surface area (Å²) in [5.74, 6) is -0.161. The molecule has 0 heterocycles. The molecule has 1 aromatic carbocycles. The van der Waals surface area contributed by atoms with Crippen molar-refractivity contribution in [2.45, 2.75) is 0 Å². The third-order valence-corrected chi connectivity index (χ3v) is 2.52. The molecule has 0 radical (unpaired) electrons. The largest absolute Gasteiger partial charge is 0.399 e. The van der Waals surface area contributed by atoms with Gasteiger partial charge in [0.1, 0.15) is 0 Å². The zero-order chi connectivity index (χ0) is 14.1. The Balaban J connectivity index is 2.34. The summed E-state index contributed by atoms with van der Waals surface area (Å²) in [5, 5.41) is 2.75. The summed E-state index contributed by atoms with van der Waals surface area (Å²) in [4.78, 5) is 13.7. The van der Waals surface area contributed by atoms with Gasteiger partial charge in [0.25, 0.3) is 0 Å². The summed E-state index contributed by atoms with van der Waals surface area (Å²) < 4.78 is 4.97. The zero-order valence-electron chi connectivity index (χ0n) is 11.4. The number of amides is 1. The number of nitrogen functional groups attached to an aromatic ring is 1. The van der Waals surface area contributed by atoms with E-state index in [1.807, 2.05) is 13.1 Å². The molecule has 5 heteroatoms. The minimum absolute atomic E-state index is 0.161. The Hall–Kier alpha value is -1.85. The first kappa shape index (κ1) is 15.2. The molecule has 0 saturated heterocycles. The number of nitrogens with two attached hydrogens (primary N) is 1. The second-order valence-electron chi connectivity index (χ2n) is 4.27. The van der Waals surface area contributed by atoms with Gasteiger partial charge < -0.3 is 20.7 Å². The van der Waals surface area contributed by atoms with E-state index in [4.69, 9.17) is 10.5 Å². The number of benzene rings is 1. The Morgan fingerprint density at radius 2 is 2.32 bits per heavy atom. The molecule has 5 nitrogen and oxygen atoms in total. The van der Waals surface area contributed by atoms with E-state index in [1.54, 1.807) is 31.4 Å². The number of likely N-dealkylation sites (N-methyl/N-ethyl adjacent to an activating group) is 1. The van der Waals surface area contributed by atoms with Crippen molar-refractivity contribution in [3.63, 3.8) is 0 Å². The third kappa shape index (κ3) is 6.59. The molecule has 19 heavy (non-hydrogen) atoms. The summed E-state index contributed by atoms with van der Waals surface area (Å²) in [6, 6.07) is 7.09. The number of methoxy groups -OCH3 is 1. The summed E-state index contributed by atoms with van der Waals surface area (Å²) in [5.41, 5.74) is 6.96. The predicted octanol–water partition coefficient (Wildman–Crippen LogP) is 1.34. The fourth-order valence-corrected chi connectivity index (χ4v) is 1.48. The normalized spacial score (nSPS) is 11.1. The number of carbonyl (C=O) groups is 1. The number of carbonyl (C=O) groups excluding carboxylic acids is 1. The van der Waals surface area contributed by atoms with Crippen molar-refractivity contribution in [1.29, 1.82) is 0 Å². The standard InChI is InChI=1S/C14H21N3O2/c1-17(9-10-19-2)8-4-7-14(18)16-13-6-3-5-12(15)11-13/h3-7,11H,8-10,15H2,1-2H3,(H,16,18)/b7-4+. The van der Waals surface area contributed by atoms with E-state index in [2.05, 4.69) is 10.2 Å². The average molecular weight is 263 g/mol. The molecular formula is C14H21N3O2. The van der Waals surface area contributed by atoms with Crippen LogP contribution in [0.4, 0.5) is 11.4 Å². The molecule has 0 saturated carbocycles. The number of ether oxygens (including phenoxy) is 1. The Morgan fingerprint density at radius 3 is 3.00 bits per heavy atom. The van der Waals surface area contributed by atoms with E-state index in [-0.39, 0.29) is 5.91 Å². The summed E-state index contributed by atoms with van der Waals surface area (Å²) >= 11 is 0. The Morgan fingerprint density at radius 1 is 1.53 bits per heavy atom. The monoisotopic (exact) mass is 263 g/mol. The molecule has 1 aromatic rings. The van der Waals surface area contributed by atoms with Crippen LogP contribution in [0, 0.1) is 0 Å². The van der Waals surface area contributed by atoms with Gasteiger partial charge in [0, 0.05) is 37.7 Å². The minimum atomic E-state index is -0.161. The van der Waals surface area contributed by atoms with E-state index in [1.165, 1.54) is 6.08 Å².